The van der Waals surface area contributed by atoms with Crippen LogP contribution in [-0.4, -0.2) is 57.8 Å². The number of rotatable bonds is 20. The average Bonchev–Trinajstić information content (AvgIpc) is 3.37. The van der Waals surface area contributed by atoms with E-state index in [-0.39, 0.29) is 19.8 Å². The maximum atomic E-state index is 7.51. The van der Waals surface area contributed by atoms with Gasteiger partial charge in [-0.15, -0.1) is 0 Å². The molecule has 1 saturated heterocycles. The van der Waals surface area contributed by atoms with Crippen molar-refractivity contribution in [1.29, 1.82) is 0 Å². The molecular weight excluding hydrogens is 821 g/mol. The van der Waals surface area contributed by atoms with Crippen LogP contribution in [0, 0.1) is 0 Å². The number of benzene rings is 7. The van der Waals surface area contributed by atoms with E-state index in [2.05, 4.69) is 84.9 Å². The molecule has 328 valence electrons. The third-order valence-corrected chi connectivity index (χ3v) is 12.6. The van der Waals surface area contributed by atoms with Crippen LogP contribution in [0.2, 0.25) is 0 Å². The SMILES string of the molecule is COc1ccc(CO[C@@H]2[C@@H](OCc3ccc(OC)cc3)[C@H](Sc3ccccc3)O[C@H](COC(c3ccccc3)(c3ccccc3)c3ccccc3)[C@H]2OCc2ccc(OC)cc2)cc1. The van der Waals surface area contributed by atoms with Gasteiger partial charge in [-0.05, 0) is 81.9 Å². The molecule has 0 amide bonds. The molecule has 0 bridgehead atoms. The fourth-order valence-electron chi connectivity index (χ4n) is 8.03. The molecule has 0 radical (unpaired) electrons. The molecule has 0 aliphatic carbocycles. The van der Waals surface area contributed by atoms with Crippen LogP contribution in [0.3, 0.4) is 0 Å². The Kier molecular flexibility index (Phi) is 15.5. The molecule has 5 atom stereocenters. The van der Waals surface area contributed by atoms with Crippen LogP contribution in [0.25, 0.3) is 0 Å². The van der Waals surface area contributed by atoms with Crippen LogP contribution in [-0.2, 0) is 49.1 Å². The Hall–Kier alpha value is -5.91. The molecule has 8 nitrogen and oxygen atoms in total. The van der Waals surface area contributed by atoms with E-state index in [0.717, 1.165) is 55.5 Å². The lowest BCUT2D eigenvalue weighted by Crippen LogP contribution is -2.60. The van der Waals surface area contributed by atoms with E-state index in [1.807, 2.05) is 109 Å². The molecule has 9 heteroatoms. The summed E-state index contributed by atoms with van der Waals surface area (Å²) in [4.78, 5) is 1.03. The minimum atomic E-state index is -1.00. The Balaban J connectivity index is 1.22. The van der Waals surface area contributed by atoms with Crippen molar-refractivity contribution in [3.8, 4) is 17.2 Å². The number of hydrogen-bond donors (Lipinski definition) is 0. The standard InChI is InChI=1S/C55H54O8S/c1-56-46-30-24-40(25-31-46)36-59-51-50(39-62-55(43-16-8-4-9-17-43,44-18-10-5-11-19-44)45-20-12-6-13-21-45)63-54(64-49-22-14-7-15-23-49)53(61-38-42-28-34-48(58-3)35-29-42)52(51)60-37-41-26-32-47(57-2)33-27-41/h4-35,50-54H,36-39H2,1-3H3/t50-,51-,52+,53-,54+/m1/s1. The molecule has 7 aromatic carbocycles. The summed E-state index contributed by atoms with van der Waals surface area (Å²) in [5, 5.41) is 0. The molecule has 7 aromatic rings. The van der Waals surface area contributed by atoms with Crippen molar-refractivity contribution in [3.63, 3.8) is 0 Å². The Bertz CT molecular complexity index is 2320. The second-order valence-corrected chi connectivity index (χ2v) is 16.6. The minimum Gasteiger partial charge on any atom is -0.497 e. The maximum Gasteiger partial charge on any atom is 0.143 e. The van der Waals surface area contributed by atoms with Crippen LogP contribution in [0.4, 0.5) is 0 Å². The number of hydrogen-bond acceptors (Lipinski definition) is 9. The van der Waals surface area contributed by atoms with Gasteiger partial charge in [-0.25, -0.2) is 0 Å². The van der Waals surface area contributed by atoms with Crippen molar-refractivity contribution in [3.05, 3.63) is 228 Å². The Labute approximate surface area is 381 Å². The Morgan fingerprint density at radius 3 is 1.17 bits per heavy atom. The highest BCUT2D eigenvalue weighted by molar-refractivity contribution is 7.99. The van der Waals surface area contributed by atoms with Crippen molar-refractivity contribution in [2.45, 2.75) is 60.2 Å². The van der Waals surface area contributed by atoms with Crippen molar-refractivity contribution in [2.75, 3.05) is 27.9 Å². The third-order valence-electron chi connectivity index (χ3n) is 11.4. The first kappa shape index (κ1) is 44.7. The molecule has 0 saturated carbocycles. The van der Waals surface area contributed by atoms with E-state index in [4.69, 9.17) is 37.9 Å². The third kappa shape index (κ3) is 10.9. The van der Waals surface area contributed by atoms with Gasteiger partial charge in [-0.2, -0.15) is 0 Å². The van der Waals surface area contributed by atoms with Gasteiger partial charge in [0, 0.05) is 4.90 Å². The lowest BCUT2D eigenvalue weighted by Gasteiger charge is -2.47. The first-order valence-electron chi connectivity index (χ1n) is 21.5. The predicted molar refractivity (Wildman–Crippen MR) is 251 cm³/mol. The van der Waals surface area contributed by atoms with Crippen molar-refractivity contribution >= 4 is 11.8 Å². The molecule has 64 heavy (non-hydrogen) atoms. The van der Waals surface area contributed by atoms with Crippen molar-refractivity contribution < 1.29 is 37.9 Å². The summed E-state index contributed by atoms with van der Waals surface area (Å²) >= 11 is 1.60. The van der Waals surface area contributed by atoms with Crippen molar-refractivity contribution in [2.24, 2.45) is 0 Å². The summed E-state index contributed by atoms with van der Waals surface area (Å²) < 4.78 is 52.5. The van der Waals surface area contributed by atoms with E-state index in [1.165, 1.54) is 0 Å². The molecule has 0 spiro atoms. The molecule has 1 heterocycles. The summed E-state index contributed by atoms with van der Waals surface area (Å²) in [7, 11) is 4.99. The molecule has 0 aromatic heterocycles. The Morgan fingerprint density at radius 2 is 0.781 bits per heavy atom. The second-order valence-electron chi connectivity index (χ2n) is 15.4. The van der Waals surface area contributed by atoms with Gasteiger partial charge in [0.25, 0.3) is 0 Å². The van der Waals surface area contributed by atoms with Gasteiger partial charge in [-0.1, -0.05) is 157 Å². The zero-order valence-corrected chi connectivity index (χ0v) is 37.2. The van der Waals surface area contributed by atoms with E-state index in [1.54, 1.807) is 33.1 Å². The van der Waals surface area contributed by atoms with E-state index >= 15 is 0 Å². The van der Waals surface area contributed by atoms with E-state index < -0.39 is 35.5 Å². The lowest BCUT2D eigenvalue weighted by molar-refractivity contribution is -0.258. The predicted octanol–water partition coefficient (Wildman–Crippen LogP) is 11.3. The summed E-state index contributed by atoms with van der Waals surface area (Å²) in [6.07, 6.45) is -2.50. The maximum absolute atomic E-state index is 7.51. The number of methoxy groups -OCH3 is 3. The molecule has 8 rings (SSSR count). The fraction of sp³-hybridized carbons (Fsp3) is 0.236. The molecular formula is C55H54O8S. The van der Waals surface area contributed by atoms with Crippen LogP contribution >= 0.6 is 11.8 Å². The highest BCUT2D eigenvalue weighted by Gasteiger charge is 2.50. The monoisotopic (exact) mass is 874 g/mol. The smallest absolute Gasteiger partial charge is 0.143 e. The van der Waals surface area contributed by atoms with Crippen LogP contribution in [0.1, 0.15) is 33.4 Å². The van der Waals surface area contributed by atoms with Gasteiger partial charge >= 0.3 is 0 Å². The van der Waals surface area contributed by atoms with Gasteiger partial charge < -0.3 is 37.9 Å². The lowest BCUT2D eigenvalue weighted by atomic mass is 9.80. The fourth-order valence-corrected chi connectivity index (χ4v) is 9.17. The first-order chi connectivity index (χ1) is 31.6. The zero-order valence-electron chi connectivity index (χ0n) is 36.4. The summed E-state index contributed by atoms with van der Waals surface area (Å²) in [5.41, 5.74) is 4.36. The van der Waals surface area contributed by atoms with Gasteiger partial charge in [0.2, 0.25) is 0 Å². The Morgan fingerprint density at radius 1 is 0.422 bits per heavy atom. The van der Waals surface area contributed by atoms with Crippen LogP contribution in [0.15, 0.2) is 199 Å². The summed E-state index contributed by atoms with van der Waals surface area (Å²) in [5.74, 6) is 2.31. The van der Waals surface area contributed by atoms with E-state index in [9.17, 15) is 0 Å². The zero-order chi connectivity index (χ0) is 44.0. The van der Waals surface area contributed by atoms with Gasteiger partial charge in [0.15, 0.2) is 0 Å². The minimum absolute atomic E-state index is 0.144. The van der Waals surface area contributed by atoms with Crippen LogP contribution in [0.5, 0.6) is 17.2 Å². The number of thioether (sulfide) groups is 1. The van der Waals surface area contributed by atoms with Gasteiger partial charge in [-0.3, -0.25) is 0 Å². The van der Waals surface area contributed by atoms with E-state index in [0.29, 0.717) is 6.61 Å². The first-order valence-corrected chi connectivity index (χ1v) is 22.4. The molecule has 0 unspecified atom stereocenters. The van der Waals surface area contributed by atoms with Crippen LogP contribution < -0.4 is 14.2 Å². The van der Waals surface area contributed by atoms with Gasteiger partial charge in [0.05, 0.1) is 47.8 Å². The molecule has 1 aliphatic rings. The second kappa shape index (κ2) is 22.1. The largest absolute Gasteiger partial charge is 0.497 e. The molecule has 0 N–H and O–H groups in total. The molecule has 1 aliphatic heterocycles. The number of ether oxygens (including phenoxy) is 8. The molecule has 1 fully saturated rings. The van der Waals surface area contributed by atoms with Gasteiger partial charge in [0.1, 0.15) is 52.7 Å². The summed E-state index contributed by atoms with van der Waals surface area (Å²) in [6.45, 7) is 1.01. The topological polar surface area (TPSA) is 73.8 Å². The quantitative estimate of drug-likeness (QED) is 0.0696. The normalized spacial score (nSPS) is 18.6. The highest BCUT2D eigenvalue weighted by atomic mass is 32.2. The average molecular weight is 875 g/mol. The summed E-state index contributed by atoms with van der Waals surface area (Å²) in [6, 6.07) is 65.1. The van der Waals surface area contributed by atoms with Crippen molar-refractivity contribution in [1.82, 2.24) is 0 Å². The highest BCUT2D eigenvalue weighted by Crippen LogP contribution is 2.43.